The highest BCUT2D eigenvalue weighted by atomic mass is 16.2. The number of carbonyl (C=O) groups excluding carboxylic acids is 2. The minimum Gasteiger partial charge on any atom is -0.340 e. The normalized spacial score (nSPS) is 14.8. The van der Waals surface area contributed by atoms with E-state index < -0.39 is 0 Å². The van der Waals surface area contributed by atoms with Gasteiger partial charge in [-0.1, -0.05) is 31.5 Å². The highest BCUT2D eigenvalue weighted by Gasteiger charge is 2.21. The third-order valence-corrected chi connectivity index (χ3v) is 4.24. The summed E-state index contributed by atoms with van der Waals surface area (Å²) >= 11 is 0. The van der Waals surface area contributed by atoms with Crippen molar-refractivity contribution >= 4 is 11.8 Å². The van der Waals surface area contributed by atoms with Crippen molar-refractivity contribution < 1.29 is 9.59 Å². The number of nitrogens with zero attached hydrogens (tertiary/aromatic N) is 2. The van der Waals surface area contributed by atoms with E-state index in [0.29, 0.717) is 31.0 Å². The van der Waals surface area contributed by atoms with Gasteiger partial charge in [-0.3, -0.25) is 9.59 Å². The van der Waals surface area contributed by atoms with Gasteiger partial charge in [0.25, 0.3) is 5.91 Å². The molecule has 1 aliphatic rings. The van der Waals surface area contributed by atoms with Crippen molar-refractivity contribution in [3.05, 3.63) is 35.4 Å². The molecular formula is C19H29N3O2. The highest BCUT2D eigenvalue weighted by Crippen LogP contribution is 2.11. The molecule has 1 aliphatic heterocycles. The Morgan fingerprint density at radius 3 is 2.38 bits per heavy atom. The van der Waals surface area contributed by atoms with Gasteiger partial charge >= 0.3 is 0 Å². The van der Waals surface area contributed by atoms with Crippen LogP contribution in [0.25, 0.3) is 0 Å². The van der Waals surface area contributed by atoms with E-state index >= 15 is 0 Å². The van der Waals surface area contributed by atoms with Crippen LogP contribution in [0.2, 0.25) is 0 Å². The minimum atomic E-state index is 0.0109. The highest BCUT2D eigenvalue weighted by molar-refractivity contribution is 5.94. The molecule has 24 heavy (non-hydrogen) atoms. The van der Waals surface area contributed by atoms with Crippen molar-refractivity contribution in [2.45, 2.75) is 27.2 Å². The Hall–Kier alpha value is -1.88. The maximum absolute atomic E-state index is 12.8. The Kier molecular flexibility index (Phi) is 6.79. The molecule has 5 heteroatoms. The van der Waals surface area contributed by atoms with Crippen molar-refractivity contribution in [1.29, 1.82) is 0 Å². The van der Waals surface area contributed by atoms with Crippen LogP contribution in [0.1, 0.15) is 36.2 Å². The van der Waals surface area contributed by atoms with Crippen molar-refractivity contribution in [3.63, 3.8) is 0 Å². The molecule has 0 saturated carbocycles. The van der Waals surface area contributed by atoms with E-state index in [9.17, 15) is 9.59 Å². The van der Waals surface area contributed by atoms with Gasteiger partial charge in [-0.2, -0.15) is 0 Å². The SMILES string of the molecule is Cc1ccc(C(=O)N(CCC(=O)N2CCNCC2)CC(C)C)cc1. The Balaban J connectivity index is 1.98. The van der Waals surface area contributed by atoms with Crippen molar-refractivity contribution in [1.82, 2.24) is 15.1 Å². The number of carbonyl (C=O) groups is 2. The van der Waals surface area contributed by atoms with Gasteiger partial charge in [0.1, 0.15) is 0 Å². The zero-order chi connectivity index (χ0) is 17.5. The Morgan fingerprint density at radius 2 is 1.79 bits per heavy atom. The van der Waals surface area contributed by atoms with Crippen LogP contribution in [-0.4, -0.2) is 60.9 Å². The van der Waals surface area contributed by atoms with Gasteiger partial charge in [-0.05, 0) is 25.0 Å². The fourth-order valence-electron chi connectivity index (χ4n) is 2.90. The van der Waals surface area contributed by atoms with E-state index in [2.05, 4.69) is 19.2 Å². The minimum absolute atomic E-state index is 0.0109. The van der Waals surface area contributed by atoms with Crippen molar-refractivity contribution in [2.24, 2.45) is 5.92 Å². The van der Waals surface area contributed by atoms with Gasteiger partial charge in [0.05, 0.1) is 0 Å². The first-order valence-electron chi connectivity index (χ1n) is 8.82. The maximum atomic E-state index is 12.8. The number of rotatable bonds is 6. The quantitative estimate of drug-likeness (QED) is 0.866. The lowest BCUT2D eigenvalue weighted by Gasteiger charge is -2.29. The van der Waals surface area contributed by atoms with Crippen LogP contribution in [-0.2, 0) is 4.79 Å². The lowest BCUT2D eigenvalue weighted by molar-refractivity contribution is -0.132. The molecule has 1 heterocycles. The summed E-state index contributed by atoms with van der Waals surface area (Å²) in [7, 11) is 0. The molecule has 0 unspecified atom stereocenters. The van der Waals surface area contributed by atoms with Crippen LogP contribution < -0.4 is 5.32 Å². The molecule has 0 aliphatic carbocycles. The van der Waals surface area contributed by atoms with Crippen molar-refractivity contribution in [3.8, 4) is 0 Å². The van der Waals surface area contributed by atoms with Crippen LogP contribution in [0, 0.1) is 12.8 Å². The van der Waals surface area contributed by atoms with Crippen LogP contribution in [0.5, 0.6) is 0 Å². The van der Waals surface area contributed by atoms with E-state index in [1.165, 1.54) is 0 Å². The summed E-state index contributed by atoms with van der Waals surface area (Å²) in [5.74, 6) is 0.521. The van der Waals surface area contributed by atoms with Gasteiger partial charge < -0.3 is 15.1 Å². The zero-order valence-corrected chi connectivity index (χ0v) is 15.0. The summed E-state index contributed by atoms with van der Waals surface area (Å²) in [4.78, 5) is 28.8. The summed E-state index contributed by atoms with van der Waals surface area (Å²) in [6, 6.07) is 7.63. The molecule has 0 atom stereocenters. The fraction of sp³-hybridized carbons (Fsp3) is 0.579. The van der Waals surface area contributed by atoms with Crippen LogP contribution in [0.4, 0.5) is 0 Å². The monoisotopic (exact) mass is 331 g/mol. The van der Waals surface area contributed by atoms with E-state index in [-0.39, 0.29) is 11.8 Å². The maximum Gasteiger partial charge on any atom is 0.253 e. The van der Waals surface area contributed by atoms with Crippen molar-refractivity contribution in [2.75, 3.05) is 39.3 Å². The number of hydrogen-bond acceptors (Lipinski definition) is 3. The first kappa shape index (κ1) is 18.5. The second-order valence-corrected chi connectivity index (χ2v) is 6.89. The lowest BCUT2D eigenvalue weighted by atomic mass is 10.1. The van der Waals surface area contributed by atoms with Crippen LogP contribution >= 0.6 is 0 Å². The van der Waals surface area contributed by atoms with E-state index in [1.54, 1.807) is 0 Å². The standard InChI is InChI=1S/C19H29N3O2/c1-15(2)14-22(19(24)17-6-4-16(3)5-7-17)11-8-18(23)21-12-9-20-10-13-21/h4-7,15,20H,8-14H2,1-3H3. The van der Waals surface area contributed by atoms with E-state index in [4.69, 9.17) is 0 Å². The molecule has 132 valence electrons. The average Bonchev–Trinajstić information content (AvgIpc) is 2.59. The molecule has 0 aromatic heterocycles. The van der Waals surface area contributed by atoms with Crippen LogP contribution in [0.15, 0.2) is 24.3 Å². The number of amides is 2. The molecule has 5 nitrogen and oxygen atoms in total. The topological polar surface area (TPSA) is 52.7 Å². The molecule has 1 saturated heterocycles. The number of hydrogen-bond donors (Lipinski definition) is 1. The van der Waals surface area contributed by atoms with Gasteiger partial charge in [-0.25, -0.2) is 0 Å². The number of aryl methyl sites for hydroxylation is 1. The van der Waals surface area contributed by atoms with Gasteiger partial charge in [0.15, 0.2) is 0 Å². The zero-order valence-electron chi connectivity index (χ0n) is 15.0. The summed E-state index contributed by atoms with van der Waals surface area (Å²) in [5.41, 5.74) is 1.83. The summed E-state index contributed by atoms with van der Waals surface area (Å²) in [5, 5.41) is 3.25. The number of piperazine rings is 1. The number of benzene rings is 1. The second kappa shape index (κ2) is 8.83. The largest absolute Gasteiger partial charge is 0.340 e. The van der Waals surface area contributed by atoms with Gasteiger partial charge in [0, 0.05) is 51.3 Å². The summed E-state index contributed by atoms with van der Waals surface area (Å²) in [6.45, 7) is 10.6. The smallest absolute Gasteiger partial charge is 0.253 e. The average molecular weight is 331 g/mol. The van der Waals surface area contributed by atoms with Crippen LogP contribution in [0.3, 0.4) is 0 Å². The predicted molar refractivity (Wildman–Crippen MR) is 96.0 cm³/mol. The Bertz CT molecular complexity index is 548. The molecule has 2 amide bonds. The van der Waals surface area contributed by atoms with Gasteiger partial charge in [-0.15, -0.1) is 0 Å². The summed E-state index contributed by atoms with van der Waals surface area (Å²) in [6.07, 6.45) is 0.393. The molecular weight excluding hydrogens is 302 g/mol. The molecule has 1 fully saturated rings. The second-order valence-electron chi connectivity index (χ2n) is 6.89. The molecule has 0 radical (unpaired) electrons. The molecule has 1 N–H and O–H groups in total. The molecule has 1 aromatic rings. The molecule has 0 bridgehead atoms. The van der Waals surface area contributed by atoms with E-state index in [0.717, 1.165) is 31.7 Å². The summed E-state index contributed by atoms with van der Waals surface area (Å²) < 4.78 is 0. The molecule has 1 aromatic carbocycles. The lowest BCUT2D eigenvalue weighted by Crippen LogP contribution is -2.47. The molecule has 0 spiro atoms. The third kappa shape index (κ3) is 5.34. The number of nitrogens with one attached hydrogen (secondary N) is 1. The third-order valence-electron chi connectivity index (χ3n) is 4.24. The Morgan fingerprint density at radius 1 is 1.17 bits per heavy atom. The first-order valence-corrected chi connectivity index (χ1v) is 8.82. The fourth-order valence-corrected chi connectivity index (χ4v) is 2.90. The van der Waals surface area contributed by atoms with Gasteiger partial charge in [0.2, 0.25) is 5.91 Å². The first-order chi connectivity index (χ1) is 11.5. The molecule has 2 rings (SSSR count). The van der Waals surface area contributed by atoms with E-state index in [1.807, 2.05) is 41.0 Å². The Labute approximate surface area is 145 Å². The predicted octanol–water partition coefficient (Wildman–Crippen LogP) is 1.92.